The molecule has 11 atom stereocenters. The average Bonchev–Trinajstić information content (AvgIpc) is 3.38. The predicted molar refractivity (Wildman–Crippen MR) is 124 cm³/mol. The molecule has 0 amide bonds. The van der Waals surface area contributed by atoms with E-state index < -0.39 is 52.6 Å². The van der Waals surface area contributed by atoms with Gasteiger partial charge in [0.2, 0.25) is 0 Å². The zero-order chi connectivity index (χ0) is 25.5. The number of carbonyl (C=O) groups is 3. The molecule has 7 unspecified atom stereocenters. The van der Waals surface area contributed by atoms with E-state index >= 15 is 0 Å². The van der Waals surface area contributed by atoms with Gasteiger partial charge in [-0.25, -0.2) is 0 Å². The Balaban J connectivity index is 1.57. The highest BCUT2D eigenvalue weighted by molar-refractivity contribution is 5.90. The van der Waals surface area contributed by atoms with Gasteiger partial charge in [-0.05, 0) is 55.8 Å². The third-order valence-electron chi connectivity index (χ3n) is 10.5. The van der Waals surface area contributed by atoms with E-state index in [1.807, 2.05) is 13.8 Å². The Morgan fingerprint density at radius 1 is 1.29 bits per heavy atom. The highest BCUT2D eigenvalue weighted by Gasteiger charge is 2.84. The van der Waals surface area contributed by atoms with Crippen LogP contribution in [0.5, 0.6) is 0 Å². The van der Waals surface area contributed by atoms with Crippen LogP contribution in [-0.2, 0) is 28.6 Å². The molecule has 194 valence electrons. The maximum atomic E-state index is 13.4. The van der Waals surface area contributed by atoms with Gasteiger partial charge in [-0.15, -0.1) is 0 Å². The number of fused-ring (bicyclic) bond motifs is 2. The molecule has 1 saturated heterocycles. The number of Topliss-reactive ketones (excluding diaryl/α,β-unsaturated/α-hetero) is 1. The van der Waals surface area contributed by atoms with Crippen molar-refractivity contribution in [2.24, 2.45) is 45.8 Å². The van der Waals surface area contributed by atoms with E-state index in [0.717, 1.165) is 24.7 Å². The largest absolute Gasteiger partial charge is 0.481 e. The van der Waals surface area contributed by atoms with Crippen LogP contribution in [-0.4, -0.2) is 66.6 Å². The summed E-state index contributed by atoms with van der Waals surface area (Å²) in [6.45, 7) is 7.88. The number of aliphatic hydroxyl groups is 1. The monoisotopic (exact) mass is 490 g/mol. The Labute approximate surface area is 206 Å². The minimum Gasteiger partial charge on any atom is -0.481 e. The van der Waals surface area contributed by atoms with Crippen molar-refractivity contribution >= 4 is 18.0 Å². The summed E-state index contributed by atoms with van der Waals surface area (Å²) in [7, 11) is 1.39. The van der Waals surface area contributed by atoms with Gasteiger partial charge in [0.15, 0.2) is 18.2 Å². The summed E-state index contributed by atoms with van der Waals surface area (Å²) in [6, 6.07) is 0. The number of carbonyl (C=O) groups excluding carboxylic acids is 2. The van der Waals surface area contributed by atoms with Crippen molar-refractivity contribution in [1.82, 2.24) is 0 Å². The molecule has 0 spiro atoms. The Bertz CT molecular complexity index is 959. The molecule has 0 aromatic carbocycles. The van der Waals surface area contributed by atoms with E-state index in [2.05, 4.69) is 13.0 Å². The molecule has 4 fully saturated rings. The summed E-state index contributed by atoms with van der Waals surface area (Å²) in [4.78, 5) is 39.1. The van der Waals surface area contributed by atoms with Gasteiger partial charge in [0.1, 0.15) is 17.8 Å². The van der Waals surface area contributed by atoms with Crippen molar-refractivity contribution in [2.45, 2.75) is 78.0 Å². The first kappa shape index (κ1) is 25.1. The van der Waals surface area contributed by atoms with Crippen LogP contribution in [0.25, 0.3) is 0 Å². The fourth-order valence-electron chi connectivity index (χ4n) is 9.19. The van der Waals surface area contributed by atoms with Gasteiger partial charge < -0.3 is 29.2 Å². The molecule has 8 nitrogen and oxygen atoms in total. The van der Waals surface area contributed by atoms with Gasteiger partial charge in [0.25, 0.3) is 0 Å². The van der Waals surface area contributed by atoms with Crippen LogP contribution >= 0.6 is 0 Å². The maximum Gasteiger partial charge on any atom is 0.315 e. The predicted octanol–water partition coefficient (Wildman–Crippen LogP) is 2.62. The summed E-state index contributed by atoms with van der Waals surface area (Å²) in [6.07, 6.45) is 1.83. The number of methoxy groups -OCH3 is 1. The van der Waals surface area contributed by atoms with Crippen molar-refractivity contribution in [2.75, 3.05) is 13.7 Å². The van der Waals surface area contributed by atoms with Crippen LogP contribution in [0.15, 0.2) is 11.6 Å². The molecule has 3 saturated carbocycles. The SMILES string of the molecule is CO[C@H]1C(=O)[C@@H](O)[C@H](OCC23CC4C(C)CCC4C4(C=O)CC2C=C(C(C)C)C43C(=O)O)O[C@@H]1C. The average molecular weight is 491 g/mol. The maximum absolute atomic E-state index is 13.4. The van der Waals surface area contributed by atoms with Crippen LogP contribution < -0.4 is 0 Å². The van der Waals surface area contributed by atoms with E-state index in [-0.39, 0.29) is 30.3 Å². The van der Waals surface area contributed by atoms with Crippen LogP contribution in [0.3, 0.4) is 0 Å². The van der Waals surface area contributed by atoms with Crippen molar-refractivity contribution in [3.05, 3.63) is 11.6 Å². The van der Waals surface area contributed by atoms with E-state index in [4.69, 9.17) is 14.2 Å². The molecule has 2 N–H and O–H groups in total. The molecular formula is C27H38O8. The number of ether oxygens (including phenoxy) is 3. The minimum atomic E-state index is -1.53. The molecule has 0 aromatic rings. The van der Waals surface area contributed by atoms with E-state index in [1.165, 1.54) is 7.11 Å². The first-order valence-corrected chi connectivity index (χ1v) is 13.0. The van der Waals surface area contributed by atoms with Crippen LogP contribution in [0.4, 0.5) is 0 Å². The topological polar surface area (TPSA) is 119 Å². The number of aliphatic carboxylic acids is 1. The first-order valence-electron chi connectivity index (χ1n) is 13.0. The highest BCUT2D eigenvalue weighted by atomic mass is 16.7. The second-order valence-corrected chi connectivity index (χ2v) is 12.0. The number of rotatable bonds is 7. The van der Waals surface area contributed by atoms with Crippen molar-refractivity contribution in [3.8, 4) is 0 Å². The molecule has 0 radical (unpaired) electrons. The molecule has 4 bridgehead atoms. The molecule has 1 aliphatic heterocycles. The number of carboxylic acids is 1. The zero-order valence-corrected chi connectivity index (χ0v) is 21.2. The lowest BCUT2D eigenvalue weighted by atomic mass is 9.43. The van der Waals surface area contributed by atoms with Gasteiger partial charge in [-0.1, -0.05) is 38.8 Å². The number of hydrogen-bond acceptors (Lipinski definition) is 7. The number of allylic oxidation sites excluding steroid dienone is 1. The van der Waals surface area contributed by atoms with Crippen molar-refractivity contribution in [1.29, 1.82) is 0 Å². The number of hydrogen-bond donors (Lipinski definition) is 2. The highest BCUT2D eigenvalue weighted by Crippen LogP contribution is 2.82. The van der Waals surface area contributed by atoms with Crippen LogP contribution in [0, 0.1) is 45.8 Å². The van der Waals surface area contributed by atoms with Gasteiger partial charge in [0.05, 0.1) is 18.1 Å². The first-order chi connectivity index (χ1) is 16.5. The number of ketones is 1. The lowest BCUT2D eigenvalue weighted by Gasteiger charge is -2.58. The normalized spacial score (nSPS) is 50.4. The third kappa shape index (κ3) is 2.85. The second-order valence-electron chi connectivity index (χ2n) is 12.0. The lowest BCUT2D eigenvalue weighted by Crippen LogP contribution is -2.64. The van der Waals surface area contributed by atoms with E-state index in [9.17, 15) is 24.6 Å². The van der Waals surface area contributed by atoms with E-state index in [0.29, 0.717) is 18.8 Å². The van der Waals surface area contributed by atoms with Crippen molar-refractivity contribution in [3.63, 3.8) is 0 Å². The summed E-state index contributed by atoms with van der Waals surface area (Å²) < 4.78 is 17.2. The summed E-state index contributed by atoms with van der Waals surface area (Å²) in [5.74, 6) is -0.965. The Hall–Kier alpha value is -1.61. The summed E-state index contributed by atoms with van der Waals surface area (Å²) in [5, 5.41) is 21.6. The fraction of sp³-hybridized carbons (Fsp3) is 0.815. The Morgan fingerprint density at radius 2 is 2.00 bits per heavy atom. The molecule has 8 heteroatoms. The van der Waals surface area contributed by atoms with Gasteiger partial charge in [-0.2, -0.15) is 0 Å². The standard InChI is InChI=1S/C27H38O8/c1-13(2)19-8-16-9-25(11-28)18-7-6-14(3)17(18)10-26(16,27(19,25)24(31)32)12-34-23-21(30)20(29)22(33-5)15(4)35-23/h8,11,13-18,21-23,30H,6-7,9-10,12H2,1-5H3,(H,31,32)/t14?,15-,16?,17?,18?,21-,22-,23-,25?,26?,27?/m1/s1. The second kappa shape index (κ2) is 8.20. The molecule has 1 heterocycles. The molecular weight excluding hydrogens is 452 g/mol. The Kier molecular flexibility index (Phi) is 5.87. The van der Waals surface area contributed by atoms with Gasteiger partial charge in [-0.3, -0.25) is 9.59 Å². The minimum absolute atomic E-state index is 0.00158. The lowest BCUT2D eigenvalue weighted by molar-refractivity contribution is -0.266. The number of carboxylic acid groups (broad SMARTS) is 1. The van der Waals surface area contributed by atoms with Gasteiger partial charge >= 0.3 is 5.97 Å². The Morgan fingerprint density at radius 3 is 2.60 bits per heavy atom. The summed E-state index contributed by atoms with van der Waals surface area (Å²) in [5.41, 5.74) is -2.36. The zero-order valence-electron chi connectivity index (χ0n) is 21.2. The van der Waals surface area contributed by atoms with Crippen LogP contribution in [0.1, 0.15) is 53.4 Å². The molecule has 0 aromatic heterocycles. The van der Waals surface area contributed by atoms with Crippen molar-refractivity contribution < 1.29 is 38.8 Å². The molecule has 35 heavy (non-hydrogen) atoms. The summed E-state index contributed by atoms with van der Waals surface area (Å²) >= 11 is 0. The van der Waals surface area contributed by atoms with Crippen LogP contribution in [0.2, 0.25) is 0 Å². The number of aldehydes is 1. The smallest absolute Gasteiger partial charge is 0.315 e. The van der Waals surface area contributed by atoms with E-state index in [1.54, 1.807) is 6.92 Å². The number of aliphatic hydroxyl groups excluding tert-OH is 1. The third-order valence-corrected chi connectivity index (χ3v) is 10.5. The fourth-order valence-corrected chi connectivity index (χ4v) is 9.19. The molecule has 5 rings (SSSR count). The van der Waals surface area contributed by atoms with Gasteiger partial charge in [0, 0.05) is 12.5 Å². The molecule has 4 aliphatic carbocycles. The molecule has 5 aliphatic rings. The quantitative estimate of drug-likeness (QED) is 0.413.